The van der Waals surface area contributed by atoms with Crippen molar-refractivity contribution in [3.63, 3.8) is 0 Å². The van der Waals surface area contributed by atoms with Gasteiger partial charge in [0, 0.05) is 18.6 Å². The second kappa shape index (κ2) is 5.07. The van der Waals surface area contributed by atoms with Crippen molar-refractivity contribution < 1.29 is 0 Å². The predicted octanol–water partition coefficient (Wildman–Crippen LogP) is 2.68. The van der Waals surface area contributed by atoms with Crippen LogP contribution in [-0.4, -0.2) is 17.4 Å². The van der Waals surface area contributed by atoms with E-state index in [-0.39, 0.29) is 0 Å². The van der Waals surface area contributed by atoms with E-state index in [4.69, 9.17) is 11.6 Å². The van der Waals surface area contributed by atoms with Crippen LogP contribution in [0.2, 0.25) is 0 Å². The molecule has 1 heterocycles. The second-order valence-corrected chi connectivity index (χ2v) is 3.67. The molecule has 0 saturated carbocycles. The van der Waals surface area contributed by atoms with Crippen LogP contribution < -0.4 is 5.32 Å². The van der Waals surface area contributed by atoms with Crippen LogP contribution >= 0.6 is 11.6 Å². The van der Waals surface area contributed by atoms with Crippen molar-refractivity contribution >= 4 is 17.4 Å². The van der Waals surface area contributed by atoms with Crippen LogP contribution in [0.4, 0.5) is 5.82 Å². The largest absolute Gasteiger partial charge is 0.370 e. The van der Waals surface area contributed by atoms with E-state index in [1.54, 1.807) is 0 Å². The molecule has 0 saturated heterocycles. The zero-order chi connectivity index (χ0) is 9.68. The van der Waals surface area contributed by atoms with E-state index >= 15 is 0 Å². The first-order valence-corrected chi connectivity index (χ1v) is 4.98. The average Bonchev–Trinajstić information content (AvgIpc) is 2.16. The maximum atomic E-state index is 5.68. The Morgan fingerprint density at radius 2 is 2.31 bits per heavy atom. The van der Waals surface area contributed by atoms with Crippen molar-refractivity contribution in [1.29, 1.82) is 0 Å². The molecule has 1 N–H and O–H groups in total. The van der Waals surface area contributed by atoms with Crippen LogP contribution in [0.1, 0.15) is 12.5 Å². The summed E-state index contributed by atoms with van der Waals surface area (Å²) in [7, 11) is 0. The Balaban J connectivity index is 2.41. The van der Waals surface area contributed by atoms with Gasteiger partial charge in [0.15, 0.2) is 0 Å². The Morgan fingerprint density at radius 1 is 1.54 bits per heavy atom. The van der Waals surface area contributed by atoms with Crippen LogP contribution in [0.3, 0.4) is 0 Å². The highest BCUT2D eigenvalue weighted by Crippen LogP contribution is 2.05. The molecule has 0 aliphatic carbocycles. The number of hydrogen-bond donors (Lipinski definition) is 1. The number of halogens is 1. The first-order valence-electron chi connectivity index (χ1n) is 4.45. The highest BCUT2D eigenvalue weighted by Gasteiger charge is 1.99. The average molecular weight is 199 g/mol. The molecule has 1 aromatic rings. The molecule has 0 fully saturated rings. The van der Waals surface area contributed by atoms with Gasteiger partial charge in [0.05, 0.1) is 0 Å². The number of alkyl halides is 1. The second-order valence-electron chi connectivity index (χ2n) is 3.36. The Labute approximate surface area is 84.3 Å². The van der Waals surface area contributed by atoms with E-state index in [1.807, 2.05) is 25.3 Å². The molecule has 72 valence electrons. The van der Waals surface area contributed by atoms with Crippen molar-refractivity contribution in [1.82, 2.24) is 4.98 Å². The Bertz CT molecular complexity index is 246. The van der Waals surface area contributed by atoms with Crippen molar-refractivity contribution in [3.8, 4) is 0 Å². The Morgan fingerprint density at radius 3 is 2.85 bits per heavy atom. The van der Waals surface area contributed by atoms with Crippen molar-refractivity contribution in [2.24, 2.45) is 5.92 Å². The summed E-state index contributed by atoms with van der Waals surface area (Å²) in [6, 6.07) is 4.02. The van der Waals surface area contributed by atoms with Crippen molar-refractivity contribution in [2.75, 3.05) is 17.7 Å². The molecule has 13 heavy (non-hydrogen) atoms. The normalized spacial score (nSPS) is 12.5. The van der Waals surface area contributed by atoms with E-state index < -0.39 is 0 Å². The summed E-state index contributed by atoms with van der Waals surface area (Å²) in [6.07, 6.45) is 1.85. The monoisotopic (exact) mass is 198 g/mol. The SMILES string of the molecule is Cc1ccc(NCC(C)CCl)nc1. The van der Waals surface area contributed by atoms with Gasteiger partial charge in [-0.15, -0.1) is 11.6 Å². The lowest BCUT2D eigenvalue weighted by molar-refractivity contribution is 0.694. The van der Waals surface area contributed by atoms with Gasteiger partial charge in [0.2, 0.25) is 0 Å². The molecule has 1 aromatic heterocycles. The summed E-state index contributed by atoms with van der Waals surface area (Å²) in [6.45, 7) is 5.01. The van der Waals surface area contributed by atoms with Crippen molar-refractivity contribution in [3.05, 3.63) is 23.9 Å². The molecular formula is C10H15ClN2. The fourth-order valence-corrected chi connectivity index (χ4v) is 1.01. The first kappa shape index (κ1) is 10.3. The highest BCUT2D eigenvalue weighted by atomic mass is 35.5. The molecule has 2 nitrogen and oxygen atoms in total. The van der Waals surface area contributed by atoms with Gasteiger partial charge >= 0.3 is 0 Å². The maximum absolute atomic E-state index is 5.68. The van der Waals surface area contributed by atoms with E-state index in [0.29, 0.717) is 11.8 Å². The summed E-state index contributed by atoms with van der Waals surface area (Å²) in [5, 5.41) is 3.23. The van der Waals surface area contributed by atoms with Gasteiger partial charge in [-0.3, -0.25) is 0 Å². The molecule has 3 heteroatoms. The Kier molecular flexibility index (Phi) is 4.03. The van der Waals surface area contributed by atoms with Gasteiger partial charge in [-0.25, -0.2) is 4.98 Å². The summed E-state index contributed by atoms with van der Waals surface area (Å²) in [5.41, 5.74) is 1.18. The van der Waals surface area contributed by atoms with Crippen LogP contribution in [0.5, 0.6) is 0 Å². The number of hydrogen-bond acceptors (Lipinski definition) is 2. The topological polar surface area (TPSA) is 24.9 Å². The van der Waals surface area contributed by atoms with Crippen LogP contribution in [0, 0.1) is 12.8 Å². The van der Waals surface area contributed by atoms with E-state index in [0.717, 1.165) is 12.4 Å². The van der Waals surface area contributed by atoms with Gasteiger partial charge in [-0.1, -0.05) is 13.0 Å². The molecule has 1 atom stereocenters. The van der Waals surface area contributed by atoms with Gasteiger partial charge in [0.1, 0.15) is 5.82 Å². The fourth-order valence-electron chi connectivity index (χ4n) is 0.906. The van der Waals surface area contributed by atoms with Gasteiger partial charge < -0.3 is 5.32 Å². The molecule has 0 bridgehead atoms. The minimum Gasteiger partial charge on any atom is -0.370 e. The number of pyridine rings is 1. The minimum atomic E-state index is 0.477. The third kappa shape index (κ3) is 3.64. The predicted molar refractivity (Wildman–Crippen MR) is 57.3 cm³/mol. The number of aromatic nitrogens is 1. The van der Waals surface area contributed by atoms with E-state index in [2.05, 4.69) is 17.2 Å². The van der Waals surface area contributed by atoms with Gasteiger partial charge in [-0.2, -0.15) is 0 Å². The third-order valence-electron chi connectivity index (χ3n) is 1.81. The Hall–Kier alpha value is -0.760. The standard InChI is InChI=1S/C10H15ClN2/c1-8-3-4-10(12-6-8)13-7-9(2)5-11/h3-4,6,9H,5,7H2,1-2H3,(H,12,13). The maximum Gasteiger partial charge on any atom is 0.125 e. The smallest absolute Gasteiger partial charge is 0.125 e. The minimum absolute atomic E-state index is 0.477. The molecule has 1 unspecified atom stereocenters. The van der Waals surface area contributed by atoms with E-state index in [9.17, 15) is 0 Å². The van der Waals surface area contributed by atoms with Crippen LogP contribution in [-0.2, 0) is 0 Å². The lowest BCUT2D eigenvalue weighted by Crippen LogP contribution is -2.12. The lowest BCUT2D eigenvalue weighted by atomic mass is 10.2. The number of rotatable bonds is 4. The quantitative estimate of drug-likeness (QED) is 0.753. The first-order chi connectivity index (χ1) is 6.22. The summed E-state index contributed by atoms with van der Waals surface area (Å²) >= 11 is 5.68. The summed E-state index contributed by atoms with van der Waals surface area (Å²) in [5.74, 6) is 2.08. The molecule has 0 aliphatic heterocycles. The number of aryl methyl sites for hydroxylation is 1. The number of nitrogens with zero attached hydrogens (tertiary/aromatic N) is 1. The molecular weight excluding hydrogens is 184 g/mol. The zero-order valence-electron chi connectivity index (χ0n) is 8.05. The lowest BCUT2D eigenvalue weighted by Gasteiger charge is -2.09. The zero-order valence-corrected chi connectivity index (χ0v) is 8.80. The van der Waals surface area contributed by atoms with E-state index in [1.165, 1.54) is 5.56 Å². The highest BCUT2D eigenvalue weighted by molar-refractivity contribution is 6.18. The molecule has 0 spiro atoms. The number of nitrogens with one attached hydrogen (secondary N) is 1. The summed E-state index contributed by atoms with van der Waals surface area (Å²) in [4.78, 5) is 4.23. The molecule has 0 aliphatic rings. The number of anilines is 1. The van der Waals surface area contributed by atoms with Gasteiger partial charge in [-0.05, 0) is 24.5 Å². The summed E-state index contributed by atoms with van der Waals surface area (Å²) < 4.78 is 0. The molecule has 1 rings (SSSR count). The van der Waals surface area contributed by atoms with Crippen LogP contribution in [0.25, 0.3) is 0 Å². The van der Waals surface area contributed by atoms with Crippen molar-refractivity contribution in [2.45, 2.75) is 13.8 Å². The molecule has 0 amide bonds. The third-order valence-corrected chi connectivity index (χ3v) is 2.33. The van der Waals surface area contributed by atoms with Crippen LogP contribution in [0.15, 0.2) is 18.3 Å². The van der Waals surface area contributed by atoms with Gasteiger partial charge in [0.25, 0.3) is 0 Å². The molecule has 0 radical (unpaired) electrons. The fraction of sp³-hybridized carbons (Fsp3) is 0.500. The molecule has 0 aromatic carbocycles.